The van der Waals surface area contributed by atoms with E-state index in [1.165, 1.54) is 18.5 Å². The summed E-state index contributed by atoms with van der Waals surface area (Å²) in [5.41, 5.74) is 2.80. The van der Waals surface area contributed by atoms with E-state index in [-0.39, 0.29) is 11.6 Å². The third-order valence-electron chi connectivity index (χ3n) is 3.53. The second-order valence-electron chi connectivity index (χ2n) is 5.10. The van der Waals surface area contributed by atoms with Crippen LogP contribution in [0.5, 0.6) is 0 Å². The van der Waals surface area contributed by atoms with Crippen molar-refractivity contribution in [3.8, 4) is 11.8 Å². The molecule has 6 heteroatoms. The summed E-state index contributed by atoms with van der Waals surface area (Å²) in [5.74, 6) is -0.423. The molecule has 1 atom stereocenters. The van der Waals surface area contributed by atoms with Crippen molar-refractivity contribution in [2.45, 2.75) is 13.0 Å². The third-order valence-corrected chi connectivity index (χ3v) is 3.53. The van der Waals surface area contributed by atoms with E-state index in [2.05, 4.69) is 15.4 Å². The Balaban J connectivity index is 1.86. The SMILES string of the molecule is C[C@@H](Nc1ccc(F)cc1C#N)c1cccc(-n2cncn2)c1. The van der Waals surface area contributed by atoms with Crippen LogP contribution in [0.15, 0.2) is 55.1 Å². The van der Waals surface area contributed by atoms with Crippen LogP contribution in [0.1, 0.15) is 24.1 Å². The highest BCUT2D eigenvalue weighted by Crippen LogP contribution is 2.24. The van der Waals surface area contributed by atoms with Gasteiger partial charge in [0.05, 0.1) is 16.9 Å². The summed E-state index contributed by atoms with van der Waals surface area (Å²) in [5, 5.41) is 16.5. The van der Waals surface area contributed by atoms with Gasteiger partial charge >= 0.3 is 0 Å². The fourth-order valence-corrected chi connectivity index (χ4v) is 2.33. The van der Waals surface area contributed by atoms with Gasteiger partial charge in [-0.05, 0) is 42.8 Å². The summed E-state index contributed by atoms with van der Waals surface area (Å²) in [7, 11) is 0. The second-order valence-corrected chi connectivity index (χ2v) is 5.10. The van der Waals surface area contributed by atoms with E-state index in [0.717, 1.165) is 11.3 Å². The molecule has 1 aromatic heterocycles. The number of halogens is 1. The molecule has 0 fully saturated rings. The first-order valence-corrected chi connectivity index (χ1v) is 7.08. The van der Waals surface area contributed by atoms with E-state index in [9.17, 15) is 4.39 Å². The zero-order chi connectivity index (χ0) is 16.2. The Labute approximate surface area is 133 Å². The Kier molecular flexibility index (Phi) is 4.02. The van der Waals surface area contributed by atoms with Crippen molar-refractivity contribution in [2.24, 2.45) is 0 Å². The van der Waals surface area contributed by atoms with Crippen LogP contribution in [-0.2, 0) is 0 Å². The lowest BCUT2D eigenvalue weighted by molar-refractivity contribution is 0.627. The summed E-state index contributed by atoms with van der Waals surface area (Å²) in [6.45, 7) is 1.98. The lowest BCUT2D eigenvalue weighted by Crippen LogP contribution is -2.09. The fourth-order valence-electron chi connectivity index (χ4n) is 2.33. The van der Waals surface area contributed by atoms with Gasteiger partial charge in [0.2, 0.25) is 0 Å². The molecule has 1 heterocycles. The van der Waals surface area contributed by atoms with Crippen molar-refractivity contribution >= 4 is 5.69 Å². The zero-order valence-electron chi connectivity index (χ0n) is 12.4. The van der Waals surface area contributed by atoms with Gasteiger partial charge in [-0.2, -0.15) is 10.4 Å². The van der Waals surface area contributed by atoms with Crippen molar-refractivity contribution < 1.29 is 4.39 Å². The van der Waals surface area contributed by atoms with E-state index < -0.39 is 5.82 Å². The molecule has 0 spiro atoms. The summed E-state index contributed by atoms with van der Waals surface area (Å²) in [6.07, 6.45) is 3.11. The van der Waals surface area contributed by atoms with Gasteiger partial charge in [-0.25, -0.2) is 14.1 Å². The highest BCUT2D eigenvalue weighted by molar-refractivity contribution is 5.58. The van der Waals surface area contributed by atoms with Gasteiger partial charge in [0.15, 0.2) is 0 Å². The normalized spacial score (nSPS) is 11.7. The Bertz CT molecular complexity index is 852. The smallest absolute Gasteiger partial charge is 0.138 e. The maximum Gasteiger partial charge on any atom is 0.138 e. The van der Waals surface area contributed by atoms with Crippen LogP contribution in [0.3, 0.4) is 0 Å². The number of aromatic nitrogens is 3. The van der Waals surface area contributed by atoms with Crippen molar-refractivity contribution in [1.82, 2.24) is 14.8 Å². The monoisotopic (exact) mass is 307 g/mol. The third kappa shape index (κ3) is 3.19. The molecule has 5 nitrogen and oxygen atoms in total. The number of benzene rings is 2. The van der Waals surface area contributed by atoms with Crippen LogP contribution in [0.2, 0.25) is 0 Å². The minimum atomic E-state index is -0.423. The summed E-state index contributed by atoms with van der Waals surface area (Å²) in [6, 6.07) is 13.9. The molecule has 3 aromatic rings. The van der Waals surface area contributed by atoms with E-state index in [1.54, 1.807) is 17.1 Å². The molecular weight excluding hydrogens is 293 g/mol. The average Bonchev–Trinajstić information content (AvgIpc) is 3.11. The molecule has 23 heavy (non-hydrogen) atoms. The highest BCUT2D eigenvalue weighted by atomic mass is 19.1. The van der Waals surface area contributed by atoms with Crippen LogP contribution < -0.4 is 5.32 Å². The van der Waals surface area contributed by atoms with Gasteiger partial charge in [0.1, 0.15) is 24.5 Å². The first kappa shape index (κ1) is 14.7. The topological polar surface area (TPSA) is 66.5 Å². The van der Waals surface area contributed by atoms with Crippen molar-refractivity contribution in [3.63, 3.8) is 0 Å². The molecule has 0 aliphatic heterocycles. The minimum absolute atomic E-state index is 0.0592. The number of hydrogen-bond acceptors (Lipinski definition) is 4. The second kappa shape index (κ2) is 6.28. The summed E-state index contributed by atoms with van der Waals surface area (Å²) in [4.78, 5) is 3.94. The molecule has 2 aromatic carbocycles. The van der Waals surface area contributed by atoms with Crippen LogP contribution in [-0.4, -0.2) is 14.8 Å². The number of nitrogens with one attached hydrogen (secondary N) is 1. The molecule has 1 N–H and O–H groups in total. The summed E-state index contributed by atoms with van der Waals surface area (Å²) < 4.78 is 14.9. The lowest BCUT2D eigenvalue weighted by atomic mass is 10.1. The van der Waals surface area contributed by atoms with Gasteiger partial charge < -0.3 is 5.32 Å². The molecule has 0 aliphatic carbocycles. The van der Waals surface area contributed by atoms with Crippen LogP contribution >= 0.6 is 0 Å². The molecule has 0 bridgehead atoms. The molecule has 0 saturated carbocycles. The van der Waals surface area contributed by atoms with Gasteiger partial charge in [-0.1, -0.05) is 12.1 Å². The summed E-state index contributed by atoms with van der Waals surface area (Å²) >= 11 is 0. The van der Waals surface area contributed by atoms with Crippen LogP contribution in [0, 0.1) is 17.1 Å². The maximum absolute atomic E-state index is 13.2. The largest absolute Gasteiger partial charge is 0.377 e. The average molecular weight is 307 g/mol. The molecule has 0 unspecified atom stereocenters. The molecule has 3 rings (SSSR count). The first-order valence-electron chi connectivity index (χ1n) is 7.08. The first-order chi connectivity index (χ1) is 11.2. The standard InChI is InChI=1S/C17H14FN5/c1-12(22-17-6-5-15(18)7-14(17)9-19)13-3-2-4-16(8-13)23-11-20-10-21-23/h2-8,10-12,22H,1H3/t12-/m1/s1. The van der Waals surface area contributed by atoms with E-state index >= 15 is 0 Å². The van der Waals surface area contributed by atoms with E-state index in [0.29, 0.717) is 5.69 Å². The molecule has 0 saturated heterocycles. The predicted molar refractivity (Wildman–Crippen MR) is 84.5 cm³/mol. The number of hydrogen-bond donors (Lipinski definition) is 1. The number of nitrogens with zero attached hydrogens (tertiary/aromatic N) is 4. The van der Waals surface area contributed by atoms with Gasteiger partial charge in [-0.3, -0.25) is 0 Å². The van der Waals surface area contributed by atoms with Gasteiger partial charge in [-0.15, -0.1) is 0 Å². The Morgan fingerprint density at radius 1 is 1.26 bits per heavy atom. The zero-order valence-corrected chi connectivity index (χ0v) is 12.4. The maximum atomic E-state index is 13.2. The van der Waals surface area contributed by atoms with Gasteiger partial charge in [0, 0.05) is 6.04 Å². The van der Waals surface area contributed by atoms with Crippen molar-refractivity contribution in [1.29, 1.82) is 5.26 Å². The Morgan fingerprint density at radius 2 is 2.13 bits per heavy atom. The van der Waals surface area contributed by atoms with Crippen molar-refractivity contribution in [3.05, 3.63) is 72.1 Å². The number of anilines is 1. The van der Waals surface area contributed by atoms with Gasteiger partial charge in [0.25, 0.3) is 0 Å². The van der Waals surface area contributed by atoms with Crippen LogP contribution in [0.4, 0.5) is 10.1 Å². The minimum Gasteiger partial charge on any atom is -0.377 e. The number of rotatable bonds is 4. The number of nitriles is 1. The van der Waals surface area contributed by atoms with E-state index in [1.807, 2.05) is 37.3 Å². The van der Waals surface area contributed by atoms with Crippen molar-refractivity contribution in [2.75, 3.05) is 5.32 Å². The molecule has 114 valence electrons. The molecule has 0 radical (unpaired) electrons. The fraction of sp³-hybridized carbons (Fsp3) is 0.118. The Hall–Kier alpha value is -3.20. The van der Waals surface area contributed by atoms with Crippen LogP contribution in [0.25, 0.3) is 5.69 Å². The molecule has 0 aliphatic rings. The Morgan fingerprint density at radius 3 is 2.87 bits per heavy atom. The highest BCUT2D eigenvalue weighted by Gasteiger charge is 2.10. The molecule has 0 amide bonds. The lowest BCUT2D eigenvalue weighted by Gasteiger charge is -2.17. The molecular formula is C17H14FN5. The predicted octanol–water partition coefficient (Wildman–Crippen LogP) is 3.45. The van der Waals surface area contributed by atoms with E-state index in [4.69, 9.17) is 5.26 Å². The quantitative estimate of drug-likeness (QED) is 0.801.